The average Bonchev–Trinajstić information content (AvgIpc) is 2.88. The van der Waals surface area contributed by atoms with Gasteiger partial charge in [0.05, 0.1) is 20.8 Å². The van der Waals surface area contributed by atoms with E-state index in [1.165, 1.54) is 14.2 Å². The molecule has 2 rings (SSSR count). The van der Waals surface area contributed by atoms with Gasteiger partial charge < -0.3 is 34.9 Å². The van der Waals surface area contributed by atoms with Crippen molar-refractivity contribution in [3.8, 4) is 17.2 Å². The molecule has 0 unspecified atom stereocenters. The lowest BCUT2D eigenvalue weighted by atomic mass is 10.1. The SMILES string of the molecule is CCc1c(OC)cc(OC(=O)NCCNC(=O)CCOCC(=O)NCc2ccc(C)cc2)cc1OC. The Labute approximate surface area is 211 Å². The maximum absolute atomic E-state index is 12.1. The van der Waals surface area contributed by atoms with Crippen molar-refractivity contribution in [2.45, 2.75) is 33.2 Å². The fourth-order valence-corrected chi connectivity index (χ4v) is 3.25. The zero-order valence-corrected chi connectivity index (χ0v) is 21.3. The minimum absolute atomic E-state index is 0.0963. The molecule has 0 saturated heterocycles. The summed E-state index contributed by atoms with van der Waals surface area (Å²) < 4.78 is 21.2. The predicted octanol–water partition coefficient (Wildman–Crippen LogP) is 2.50. The molecule has 10 heteroatoms. The van der Waals surface area contributed by atoms with Gasteiger partial charge in [-0.15, -0.1) is 0 Å². The predicted molar refractivity (Wildman–Crippen MR) is 134 cm³/mol. The number of aryl methyl sites for hydroxylation is 1. The molecule has 0 fully saturated rings. The van der Waals surface area contributed by atoms with Crippen LogP contribution >= 0.6 is 0 Å². The summed E-state index contributed by atoms with van der Waals surface area (Å²) in [6.07, 6.45) is 0.127. The Morgan fingerprint density at radius 2 is 1.50 bits per heavy atom. The van der Waals surface area contributed by atoms with Crippen molar-refractivity contribution in [3.63, 3.8) is 0 Å². The summed E-state index contributed by atoms with van der Waals surface area (Å²) in [6.45, 7) is 4.76. The van der Waals surface area contributed by atoms with Gasteiger partial charge in [-0.05, 0) is 18.9 Å². The van der Waals surface area contributed by atoms with Crippen molar-refractivity contribution in [1.82, 2.24) is 16.0 Å². The van der Waals surface area contributed by atoms with Gasteiger partial charge in [0.2, 0.25) is 11.8 Å². The normalized spacial score (nSPS) is 10.3. The van der Waals surface area contributed by atoms with E-state index in [0.717, 1.165) is 16.7 Å². The van der Waals surface area contributed by atoms with Gasteiger partial charge in [-0.3, -0.25) is 9.59 Å². The van der Waals surface area contributed by atoms with Crippen LogP contribution in [-0.4, -0.2) is 58.4 Å². The highest BCUT2D eigenvalue weighted by atomic mass is 16.6. The molecule has 196 valence electrons. The summed E-state index contributed by atoms with van der Waals surface area (Å²) in [5.74, 6) is 0.909. The van der Waals surface area contributed by atoms with Gasteiger partial charge in [0.1, 0.15) is 23.9 Å². The molecule has 2 aromatic carbocycles. The van der Waals surface area contributed by atoms with E-state index < -0.39 is 6.09 Å². The Balaban J connectivity index is 1.58. The number of amides is 3. The lowest BCUT2D eigenvalue weighted by Crippen LogP contribution is -2.36. The Morgan fingerprint density at radius 3 is 2.11 bits per heavy atom. The molecule has 0 bridgehead atoms. The molecule has 0 radical (unpaired) electrons. The Hall–Kier alpha value is -3.79. The highest BCUT2D eigenvalue weighted by Gasteiger charge is 2.14. The van der Waals surface area contributed by atoms with E-state index in [-0.39, 0.29) is 50.3 Å². The number of carbonyl (C=O) groups is 3. The number of carbonyl (C=O) groups excluding carboxylic acids is 3. The molecule has 3 N–H and O–H groups in total. The fourth-order valence-electron chi connectivity index (χ4n) is 3.25. The average molecular weight is 502 g/mol. The van der Waals surface area contributed by atoms with Crippen LogP contribution in [-0.2, 0) is 27.3 Å². The molecule has 0 saturated carbocycles. The zero-order chi connectivity index (χ0) is 26.3. The van der Waals surface area contributed by atoms with Crippen molar-refractivity contribution in [2.24, 2.45) is 0 Å². The van der Waals surface area contributed by atoms with E-state index in [2.05, 4.69) is 16.0 Å². The van der Waals surface area contributed by atoms with E-state index >= 15 is 0 Å². The second kappa shape index (κ2) is 15.3. The van der Waals surface area contributed by atoms with Crippen LogP contribution in [0.3, 0.4) is 0 Å². The van der Waals surface area contributed by atoms with Crippen molar-refractivity contribution in [1.29, 1.82) is 0 Å². The number of hydrogen-bond acceptors (Lipinski definition) is 7. The van der Waals surface area contributed by atoms with Crippen molar-refractivity contribution in [3.05, 3.63) is 53.1 Å². The number of methoxy groups -OCH3 is 2. The summed E-state index contributed by atoms with van der Waals surface area (Å²) in [4.78, 5) is 35.8. The Bertz CT molecular complexity index is 984. The van der Waals surface area contributed by atoms with Crippen LogP contribution in [0.1, 0.15) is 30.0 Å². The number of ether oxygens (including phenoxy) is 4. The standard InChI is InChI=1S/C26H35N3O7/c1-5-21-22(33-3)14-20(15-23(21)34-4)36-26(32)28-12-11-27-24(30)10-13-35-17-25(31)29-16-19-8-6-18(2)7-9-19/h6-9,14-15H,5,10-13,16-17H2,1-4H3,(H,27,30)(H,28,32)(H,29,31). The highest BCUT2D eigenvalue weighted by molar-refractivity contribution is 5.77. The molecule has 10 nitrogen and oxygen atoms in total. The van der Waals surface area contributed by atoms with Crippen molar-refractivity contribution < 1.29 is 33.3 Å². The van der Waals surface area contributed by atoms with Crippen LogP contribution < -0.4 is 30.2 Å². The van der Waals surface area contributed by atoms with Crippen LogP contribution in [0.15, 0.2) is 36.4 Å². The number of hydrogen-bond donors (Lipinski definition) is 3. The van der Waals surface area contributed by atoms with E-state index in [1.807, 2.05) is 38.1 Å². The van der Waals surface area contributed by atoms with Gasteiger partial charge in [0.15, 0.2) is 0 Å². The molecule has 0 aliphatic carbocycles. The molecule has 0 atom stereocenters. The summed E-state index contributed by atoms with van der Waals surface area (Å²) in [6, 6.07) is 11.1. The Morgan fingerprint density at radius 1 is 0.861 bits per heavy atom. The molecule has 0 aliphatic rings. The second-order valence-electron chi connectivity index (χ2n) is 7.89. The molecule has 2 aromatic rings. The first-order valence-corrected chi connectivity index (χ1v) is 11.7. The third kappa shape index (κ3) is 9.83. The van der Waals surface area contributed by atoms with Gasteiger partial charge in [-0.2, -0.15) is 0 Å². The molecule has 3 amide bonds. The number of benzene rings is 2. The molecular formula is C26H35N3O7. The minimum Gasteiger partial charge on any atom is -0.496 e. The van der Waals surface area contributed by atoms with Gasteiger partial charge in [-0.25, -0.2) is 4.79 Å². The smallest absolute Gasteiger partial charge is 0.412 e. The maximum atomic E-state index is 12.1. The molecule has 0 heterocycles. The zero-order valence-electron chi connectivity index (χ0n) is 21.3. The second-order valence-corrected chi connectivity index (χ2v) is 7.89. The highest BCUT2D eigenvalue weighted by Crippen LogP contribution is 2.34. The van der Waals surface area contributed by atoms with Crippen molar-refractivity contribution >= 4 is 17.9 Å². The largest absolute Gasteiger partial charge is 0.496 e. The van der Waals surface area contributed by atoms with Crippen molar-refractivity contribution in [2.75, 3.05) is 40.5 Å². The lowest BCUT2D eigenvalue weighted by molar-refractivity contribution is -0.128. The first kappa shape index (κ1) is 28.4. The van der Waals surface area contributed by atoms with Gasteiger partial charge in [-0.1, -0.05) is 36.8 Å². The fraction of sp³-hybridized carbons (Fsp3) is 0.423. The van der Waals surface area contributed by atoms with Crippen LogP contribution in [0.2, 0.25) is 0 Å². The summed E-state index contributed by atoms with van der Waals surface area (Å²) in [7, 11) is 3.07. The third-order valence-corrected chi connectivity index (χ3v) is 5.18. The van der Waals surface area contributed by atoms with Gasteiger partial charge >= 0.3 is 6.09 Å². The molecule has 36 heavy (non-hydrogen) atoms. The summed E-state index contributed by atoms with van der Waals surface area (Å²) >= 11 is 0. The molecule has 0 aromatic heterocycles. The summed E-state index contributed by atoms with van der Waals surface area (Å²) in [5.41, 5.74) is 3.03. The lowest BCUT2D eigenvalue weighted by Gasteiger charge is -2.14. The van der Waals surface area contributed by atoms with E-state index in [0.29, 0.717) is 24.5 Å². The van der Waals surface area contributed by atoms with Crippen LogP contribution in [0.5, 0.6) is 17.2 Å². The van der Waals surface area contributed by atoms with Gasteiger partial charge in [0.25, 0.3) is 0 Å². The van der Waals surface area contributed by atoms with E-state index in [1.54, 1.807) is 12.1 Å². The monoisotopic (exact) mass is 501 g/mol. The maximum Gasteiger partial charge on any atom is 0.412 e. The topological polar surface area (TPSA) is 124 Å². The van der Waals surface area contributed by atoms with Crippen LogP contribution in [0, 0.1) is 6.92 Å². The number of nitrogens with one attached hydrogen (secondary N) is 3. The van der Waals surface area contributed by atoms with E-state index in [4.69, 9.17) is 18.9 Å². The van der Waals surface area contributed by atoms with Crippen LogP contribution in [0.4, 0.5) is 4.79 Å². The number of rotatable bonds is 14. The molecule has 0 aliphatic heterocycles. The third-order valence-electron chi connectivity index (χ3n) is 5.18. The summed E-state index contributed by atoms with van der Waals surface area (Å²) in [5, 5.41) is 7.99. The van der Waals surface area contributed by atoms with E-state index in [9.17, 15) is 14.4 Å². The Kier molecular flexibility index (Phi) is 12.1. The first-order valence-electron chi connectivity index (χ1n) is 11.7. The quantitative estimate of drug-likeness (QED) is 0.340. The van der Waals surface area contributed by atoms with Crippen LogP contribution in [0.25, 0.3) is 0 Å². The van der Waals surface area contributed by atoms with Gasteiger partial charge in [0, 0.05) is 43.8 Å². The minimum atomic E-state index is -0.669. The first-order chi connectivity index (χ1) is 17.4. The molecule has 0 spiro atoms. The molecular weight excluding hydrogens is 466 g/mol.